The molecule has 0 saturated carbocycles. The van der Waals surface area contributed by atoms with Crippen molar-refractivity contribution in [2.24, 2.45) is 0 Å². The van der Waals surface area contributed by atoms with Crippen LogP contribution < -0.4 is 0 Å². The van der Waals surface area contributed by atoms with Gasteiger partial charge in [0.15, 0.2) is 12.6 Å². The van der Waals surface area contributed by atoms with Crippen molar-refractivity contribution in [3.8, 4) is 0 Å². The van der Waals surface area contributed by atoms with Crippen molar-refractivity contribution in [3.05, 3.63) is 41.1 Å². The molecule has 0 spiro atoms. The molecule has 0 N–H and O–H groups in total. The summed E-state index contributed by atoms with van der Waals surface area (Å²) in [5, 5.41) is 0.722. The third-order valence-electron chi connectivity index (χ3n) is 2.40. The summed E-state index contributed by atoms with van der Waals surface area (Å²) in [7, 11) is 0. The second kappa shape index (κ2) is 3.61. The number of carbonyl (C=O) groups excluding carboxylic acids is 2. The molecule has 1 aromatic heterocycles. The largest absolute Gasteiger partial charge is 0.298 e. The molecule has 0 fully saturated rings. The van der Waals surface area contributed by atoms with Crippen molar-refractivity contribution in [3.63, 3.8) is 0 Å². The van der Waals surface area contributed by atoms with Gasteiger partial charge in [-0.1, -0.05) is 18.2 Å². The predicted molar refractivity (Wildman–Crippen MR) is 57.3 cm³/mol. The Morgan fingerprint density at radius 1 is 1.07 bits per heavy atom. The highest BCUT2D eigenvalue weighted by Crippen LogP contribution is 2.20. The number of aryl methyl sites for hydroxylation is 1. The van der Waals surface area contributed by atoms with E-state index in [1.807, 2.05) is 18.2 Å². The Morgan fingerprint density at radius 2 is 1.73 bits per heavy atom. The standard InChI is InChI=1S/C12H9NO2/c1-8-10(6-14)11(7-15)9-4-2-3-5-12(9)13-8/h2-7H,1H3. The van der Waals surface area contributed by atoms with Crippen molar-refractivity contribution in [1.82, 2.24) is 4.98 Å². The number of rotatable bonds is 2. The Bertz CT molecular complexity index is 547. The fourth-order valence-corrected chi connectivity index (χ4v) is 1.66. The molecule has 1 aromatic carbocycles. The highest BCUT2D eigenvalue weighted by molar-refractivity contribution is 6.04. The smallest absolute Gasteiger partial charge is 0.152 e. The Kier molecular flexibility index (Phi) is 2.29. The molecule has 0 radical (unpaired) electrons. The van der Waals surface area contributed by atoms with Crippen LogP contribution in [0.25, 0.3) is 10.9 Å². The van der Waals surface area contributed by atoms with Crippen LogP contribution in [-0.4, -0.2) is 17.6 Å². The summed E-state index contributed by atoms with van der Waals surface area (Å²) in [6.45, 7) is 1.73. The van der Waals surface area contributed by atoms with E-state index in [4.69, 9.17) is 0 Å². The van der Waals surface area contributed by atoms with Crippen LogP contribution >= 0.6 is 0 Å². The maximum atomic E-state index is 11.0. The maximum Gasteiger partial charge on any atom is 0.152 e. The van der Waals surface area contributed by atoms with Gasteiger partial charge in [-0.25, -0.2) is 0 Å². The number of nitrogens with zero attached hydrogens (tertiary/aromatic N) is 1. The number of benzene rings is 1. The molecule has 0 saturated heterocycles. The zero-order valence-electron chi connectivity index (χ0n) is 8.23. The zero-order chi connectivity index (χ0) is 10.8. The maximum absolute atomic E-state index is 11.0. The highest BCUT2D eigenvalue weighted by Gasteiger charge is 2.10. The minimum absolute atomic E-state index is 0.378. The summed E-state index contributed by atoms with van der Waals surface area (Å²) in [4.78, 5) is 26.1. The molecule has 74 valence electrons. The third kappa shape index (κ3) is 1.42. The second-order valence-corrected chi connectivity index (χ2v) is 3.28. The number of fused-ring (bicyclic) bond motifs is 1. The van der Waals surface area contributed by atoms with Gasteiger partial charge in [0, 0.05) is 22.2 Å². The van der Waals surface area contributed by atoms with Crippen LogP contribution in [0.3, 0.4) is 0 Å². The fourth-order valence-electron chi connectivity index (χ4n) is 1.66. The lowest BCUT2D eigenvalue weighted by Crippen LogP contribution is -1.99. The molecule has 0 aliphatic heterocycles. The number of hydrogen-bond donors (Lipinski definition) is 0. The lowest BCUT2D eigenvalue weighted by molar-refractivity contribution is 0.109. The SMILES string of the molecule is Cc1nc2ccccc2c(C=O)c1C=O. The normalized spacial score (nSPS) is 10.2. The van der Waals surface area contributed by atoms with Crippen LogP contribution in [0.15, 0.2) is 24.3 Å². The molecule has 3 nitrogen and oxygen atoms in total. The summed E-state index contributed by atoms with van der Waals surface area (Å²) in [5.74, 6) is 0. The van der Waals surface area contributed by atoms with E-state index in [9.17, 15) is 9.59 Å². The Hall–Kier alpha value is -2.03. The Labute approximate surface area is 86.8 Å². The van der Waals surface area contributed by atoms with E-state index in [1.54, 1.807) is 13.0 Å². The minimum Gasteiger partial charge on any atom is -0.298 e. The van der Waals surface area contributed by atoms with Crippen molar-refractivity contribution < 1.29 is 9.59 Å². The second-order valence-electron chi connectivity index (χ2n) is 3.28. The topological polar surface area (TPSA) is 47.0 Å². The van der Waals surface area contributed by atoms with Crippen LogP contribution in [0.1, 0.15) is 26.4 Å². The number of carbonyl (C=O) groups is 2. The molecular formula is C12H9NO2. The van der Waals surface area contributed by atoms with E-state index in [0.29, 0.717) is 29.4 Å². The van der Waals surface area contributed by atoms with Gasteiger partial charge < -0.3 is 0 Å². The third-order valence-corrected chi connectivity index (χ3v) is 2.40. The lowest BCUT2D eigenvalue weighted by Gasteiger charge is -2.05. The minimum atomic E-state index is 0.378. The van der Waals surface area contributed by atoms with Gasteiger partial charge in [0.2, 0.25) is 0 Å². The summed E-state index contributed by atoms with van der Waals surface area (Å²) >= 11 is 0. The molecule has 0 aliphatic rings. The van der Waals surface area contributed by atoms with Gasteiger partial charge in [-0.3, -0.25) is 14.6 Å². The first-order valence-corrected chi connectivity index (χ1v) is 4.57. The average Bonchev–Trinajstić information content (AvgIpc) is 2.27. The Balaban J connectivity index is 2.97. The van der Waals surface area contributed by atoms with Crippen molar-refractivity contribution in [2.45, 2.75) is 6.92 Å². The van der Waals surface area contributed by atoms with Gasteiger partial charge in [-0.05, 0) is 13.0 Å². The first-order valence-electron chi connectivity index (χ1n) is 4.57. The molecule has 0 amide bonds. The molecule has 0 atom stereocenters. The first-order chi connectivity index (χ1) is 7.27. The summed E-state index contributed by atoms with van der Waals surface area (Å²) in [6, 6.07) is 7.29. The lowest BCUT2D eigenvalue weighted by atomic mass is 10.0. The number of para-hydroxylation sites is 1. The van der Waals surface area contributed by atoms with E-state index in [0.717, 1.165) is 10.9 Å². The summed E-state index contributed by atoms with van der Waals surface area (Å²) < 4.78 is 0. The van der Waals surface area contributed by atoms with Crippen LogP contribution in [0, 0.1) is 6.92 Å². The number of aldehydes is 2. The van der Waals surface area contributed by atoms with Crippen LogP contribution in [-0.2, 0) is 0 Å². The monoisotopic (exact) mass is 199 g/mol. The van der Waals surface area contributed by atoms with Crippen molar-refractivity contribution in [1.29, 1.82) is 0 Å². The molecule has 1 heterocycles. The number of pyridine rings is 1. The number of hydrogen-bond acceptors (Lipinski definition) is 3. The molecule has 15 heavy (non-hydrogen) atoms. The molecular weight excluding hydrogens is 190 g/mol. The van der Waals surface area contributed by atoms with E-state index < -0.39 is 0 Å². The summed E-state index contributed by atoms with van der Waals surface area (Å²) in [6.07, 6.45) is 1.39. The van der Waals surface area contributed by atoms with Gasteiger partial charge >= 0.3 is 0 Å². The fraction of sp³-hybridized carbons (Fsp3) is 0.0833. The number of aromatic nitrogens is 1. The van der Waals surface area contributed by atoms with Gasteiger partial charge in [0.25, 0.3) is 0 Å². The van der Waals surface area contributed by atoms with Gasteiger partial charge in [0.05, 0.1) is 5.52 Å². The van der Waals surface area contributed by atoms with Crippen LogP contribution in [0.2, 0.25) is 0 Å². The molecule has 2 aromatic rings. The highest BCUT2D eigenvalue weighted by atomic mass is 16.1. The van der Waals surface area contributed by atoms with E-state index >= 15 is 0 Å². The zero-order valence-corrected chi connectivity index (χ0v) is 8.23. The van der Waals surface area contributed by atoms with Gasteiger partial charge in [0.1, 0.15) is 0 Å². The van der Waals surface area contributed by atoms with E-state index in [2.05, 4.69) is 4.98 Å². The molecule has 0 bridgehead atoms. The van der Waals surface area contributed by atoms with Crippen LogP contribution in [0.4, 0.5) is 0 Å². The Morgan fingerprint density at radius 3 is 2.40 bits per heavy atom. The molecule has 0 unspecified atom stereocenters. The average molecular weight is 199 g/mol. The quantitative estimate of drug-likeness (QED) is 0.696. The molecule has 0 aliphatic carbocycles. The molecule has 3 heteroatoms. The predicted octanol–water partition coefficient (Wildman–Crippen LogP) is 2.17. The molecule has 2 rings (SSSR count). The first kappa shape index (κ1) is 9.52. The van der Waals surface area contributed by atoms with Gasteiger partial charge in [-0.2, -0.15) is 0 Å². The summed E-state index contributed by atoms with van der Waals surface area (Å²) in [5.41, 5.74) is 2.13. The van der Waals surface area contributed by atoms with Crippen molar-refractivity contribution >= 4 is 23.5 Å². The van der Waals surface area contributed by atoms with Crippen LogP contribution in [0.5, 0.6) is 0 Å². The van der Waals surface area contributed by atoms with E-state index in [1.165, 1.54) is 0 Å². The van der Waals surface area contributed by atoms with E-state index in [-0.39, 0.29) is 0 Å². The van der Waals surface area contributed by atoms with Gasteiger partial charge in [-0.15, -0.1) is 0 Å². The van der Waals surface area contributed by atoms with Crippen molar-refractivity contribution in [2.75, 3.05) is 0 Å².